The number of amides is 1. The molecule has 0 unspecified atom stereocenters. The molecule has 0 atom stereocenters. The number of aromatic hydroxyl groups is 1. The van der Waals surface area contributed by atoms with Crippen molar-refractivity contribution in [2.75, 3.05) is 20.1 Å². The summed E-state index contributed by atoms with van der Waals surface area (Å²) in [5, 5.41) is 12.0. The van der Waals surface area contributed by atoms with Crippen molar-refractivity contribution in [2.24, 2.45) is 5.92 Å². The number of rotatable bonds is 3. The van der Waals surface area contributed by atoms with Gasteiger partial charge in [0.15, 0.2) is 0 Å². The molecule has 1 fully saturated rings. The molecule has 1 saturated heterocycles. The van der Waals surface area contributed by atoms with Crippen LogP contribution >= 0.6 is 0 Å². The topological polar surface area (TPSA) is 86.7 Å². The van der Waals surface area contributed by atoms with E-state index in [0.717, 1.165) is 0 Å². The van der Waals surface area contributed by atoms with Crippen molar-refractivity contribution in [3.05, 3.63) is 24.3 Å². The first-order valence-corrected chi connectivity index (χ1v) is 7.90. The molecule has 20 heavy (non-hydrogen) atoms. The minimum absolute atomic E-state index is 0.0422. The highest BCUT2D eigenvalue weighted by Gasteiger charge is 2.31. The average Bonchev–Trinajstić information content (AvgIpc) is 2.46. The van der Waals surface area contributed by atoms with Crippen LogP contribution in [0.3, 0.4) is 0 Å². The third-order valence-electron chi connectivity index (χ3n) is 3.53. The number of carbonyl (C=O) groups is 1. The molecule has 110 valence electrons. The molecule has 6 nitrogen and oxygen atoms in total. The number of benzene rings is 1. The van der Waals surface area contributed by atoms with Crippen molar-refractivity contribution < 1.29 is 18.3 Å². The maximum atomic E-state index is 12.4. The van der Waals surface area contributed by atoms with Crippen LogP contribution in [0, 0.1) is 5.92 Å². The van der Waals surface area contributed by atoms with Crippen LogP contribution in [0.4, 0.5) is 0 Å². The lowest BCUT2D eigenvalue weighted by Gasteiger charge is -2.30. The number of nitrogens with one attached hydrogen (secondary N) is 1. The van der Waals surface area contributed by atoms with Gasteiger partial charge in [0.2, 0.25) is 15.9 Å². The Balaban J connectivity index is 2.11. The van der Waals surface area contributed by atoms with Gasteiger partial charge in [-0.2, -0.15) is 4.31 Å². The van der Waals surface area contributed by atoms with Crippen LogP contribution in [0.25, 0.3) is 0 Å². The molecule has 1 heterocycles. The van der Waals surface area contributed by atoms with Gasteiger partial charge in [0.1, 0.15) is 5.75 Å². The number of piperidine rings is 1. The van der Waals surface area contributed by atoms with E-state index in [1.807, 2.05) is 0 Å². The summed E-state index contributed by atoms with van der Waals surface area (Å²) in [5.74, 6) is -0.249. The van der Waals surface area contributed by atoms with Gasteiger partial charge in [-0.15, -0.1) is 0 Å². The van der Waals surface area contributed by atoms with Crippen LogP contribution in [0.1, 0.15) is 12.8 Å². The van der Waals surface area contributed by atoms with Crippen LogP contribution < -0.4 is 5.32 Å². The Labute approximate surface area is 118 Å². The van der Waals surface area contributed by atoms with E-state index < -0.39 is 10.0 Å². The Morgan fingerprint density at radius 1 is 1.35 bits per heavy atom. The smallest absolute Gasteiger partial charge is 0.243 e. The Morgan fingerprint density at radius 2 is 2.00 bits per heavy atom. The van der Waals surface area contributed by atoms with Crippen molar-refractivity contribution >= 4 is 15.9 Å². The van der Waals surface area contributed by atoms with E-state index in [9.17, 15) is 18.3 Å². The molecule has 1 aromatic carbocycles. The quantitative estimate of drug-likeness (QED) is 0.852. The van der Waals surface area contributed by atoms with Gasteiger partial charge in [0.25, 0.3) is 0 Å². The standard InChI is InChI=1S/C13H18N2O4S/c1-14-13(17)10-5-7-15(8-6-10)20(18,19)12-4-2-3-11(16)9-12/h2-4,9-10,16H,5-8H2,1H3,(H,14,17). The molecular formula is C13H18N2O4S. The van der Waals surface area contributed by atoms with Crippen molar-refractivity contribution in [1.82, 2.24) is 9.62 Å². The molecule has 2 N–H and O–H groups in total. The van der Waals surface area contributed by atoms with Crippen LogP contribution in [0.2, 0.25) is 0 Å². The zero-order valence-electron chi connectivity index (χ0n) is 11.2. The number of nitrogens with zero attached hydrogens (tertiary/aromatic N) is 1. The zero-order chi connectivity index (χ0) is 14.8. The van der Waals surface area contributed by atoms with Gasteiger partial charge in [-0.05, 0) is 31.0 Å². The summed E-state index contributed by atoms with van der Waals surface area (Å²) in [6.45, 7) is 0.631. The normalized spacial score (nSPS) is 17.9. The Bertz CT molecular complexity index is 592. The third-order valence-corrected chi connectivity index (χ3v) is 5.42. The monoisotopic (exact) mass is 298 g/mol. The maximum Gasteiger partial charge on any atom is 0.243 e. The Hall–Kier alpha value is -1.60. The molecule has 0 aromatic heterocycles. The summed E-state index contributed by atoms with van der Waals surface area (Å²) in [5.41, 5.74) is 0. The first-order valence-electron chi connectivity index (χ1n) is 6.46. The zero-order valence-corrected chi connectivity index (χ0v) is 12.1. The second-order valence-corrected chi connectivity index (χ2v) is 6.73. The molecule has 0 aliphatic carbocycles. The molecule has 0 spiro atoms. The molecule has 0 bridgehead atoms. The van der Waals surface area contributed by atoms with Crippen molar-refractivity contribution in [3.63, 3.8) is 0 Å². The summed E-state index contributed by atoms with van der Waals surface area (Å²) in [7, 11) is -2.02. The minimum Gasteiger partial charge on any atom is -0.508 e. The molecule has 1 amide bonds. The number of phenolic OH excluding ortho intramolecular Hbond substituents is 1. The van der Waals surface area contributed by atoms with E-state index in [0.29, 0.717) is 25.9 Å². The number of hydrogen-bond donors (Lipinski definition) is 2. The van der Waals surface area contributed by atoms with E-state index in [1.54, 1.807) is 7.05 Å². The first-order chi connectivity index (χ1) is 9.45. The molecule has 0 radical (unpaired) electrons. The van der Waals surface area contributed by atoms with Crippen molar-refractivity contribution in [2.45, 2.75) is 17.7 Å². The fourth-order valence-electron chi connectivity index (χ4n) is 2.36. The van der Waals surface area contributed by atoms with E-state index in [2.05, 4.69) is 5.32 Å². The largest absolute Gasteiger partial charge is 0.508 e. The van der Waals surface area contributed by atoms with Gasteiger partial charge >= 0.3 is 0 Å². The summed E-state index contributed by atoms with van der Waals surface area (Å²) in [4.78, 5) is 11.6. The van der Waals surface area contributed by atoms with Crippen molar-refractivity contribution in [1.29, 1.82) is 0 Å². The van der Waals surface area contributed by atoms with Crippen LogP contribution in [0.5, 0.6) is 5.75 Å². The molecular weight excluding hydrogens is 280 g/mol. The number of hydrogen-bond acceptors (Lipinski definition) is 4. The van der Waals surface area contributed by atoms with E-state index in [1.165, 1.54) is 28.6 Å². The fraction of sp³-hybridized carbons (Fsp3) is 0.462. The van der Waals surface area contributed by atoms with E-state index >= 15 is 0 Å². The van der Waals surface area contributed by atoms with Crippen LogP contribution in [-0.2, 0) is 14.8 Å². The molecule has 1 aliphatic rings. The Morgan fingerprint density at radius 3 is 2.55 bits per heavy atom. The van der Waals surface area contributed by atoms with Gasteiger partial charge in [-0.25, -0.2) is 8.42 Å². The molecule has 7 heteroatoms. The molecule has 1 aliphatic heterocycles. The highest BCUT2D eigenvalue weighted by atomic mass is 32.2. The highest BCUT2D eigenvalue weighted by molar-refractivity contribution is 7.89. The fourth-order valence-corrected chi connectivity index (χ4v) is 3.87. The highest BCUT2D eigenvalue weighted by Crippen LogP contribution is 2.25. The predicted molar refractivity (Wildman–Crippen MR) is 73.7 cm³/mol. The summed E-state index contributed by atoms with van der Waals surface area (Å²) in [6.07, 6.45) is 1.02. The lowest BCUT2D eigenvalue weighted by atomic mass is 9.97. The van der Waals surface area contributed by atoms with Gasteiger partial charge in [-0.1, -0.05) is 6.07 Å². The van der Waals surface area contributed by atoms with E-state index in [4.69, 9.17) is 0 Å². The number of carbonyl (C=O) groups excluding carboxylic acids is 1. The molecule has 1 aromatic rings. The van der Waals surface area contributed by atoms with Crippen LogP contribution in [-0.4, -0.2) is 43.9 Å². The van der Waals surface area contributed by atoms with Crippen LogP contribution in [0.15, 0.2) is 29.2 Å². The summed E-state index contributed by atoms with van der Waals surface area (Å²) >= 11 is 0. The van der Waals surface area contributed by atoms with Gasteiger partial charge in [-0.3, -0.25) is 4.79 Å². The lowest BCUT2D eigenvalue weighted by Crippen LogP contribution is -2.42. The summed E-state index contributed by atoms with van der Waals surface area (Å²) in [6, 6.07) is 5.62. The average molecular weight is 298 g/mol. The number of phenols is 1. The lowest BCUT2D eigenvalue weighted by molar-refractivity contribution is -0.125. The molecule has 2 rings (SSSR count). The van der Waals surface area contributed by atoms with E-state index in [-0.39, 0.29) is 22.5 Å². The predicted octanol–water partition coefficient (Wildman–Crippen LogP) is 0.539. The Kier molecular flexibility index (Phi) is 4.29. The van der Waals surface area contributed by atoms with Gasteiger partial charge in [0, 0.05) is 26.1 Å². The number of sulfonamides is 1. The molecule has 0 saturated carbocycles. The second kappa shape index (κ2) is 5.80. The maximum absolute atomic E-state index is 12.4. The van der Waals surface area contributed by atoms with Crippen molar-refractivity contribution in [3.8, 4) is 5.75 Å². The van der Waals surface area contributed by atoms with Gasteiger partial charge in [0.05, 0.1) is 4.90 Å². The third kappa shape index (κ3) is 2.94. The SMILES string of the molecule is CNC(=O)C1CCN(S(=O)(=O)c2cccc(O)c2)CC1. The van der Waals surface area contributed by atoms with Gasteiger partial charge < -0.3 is 10.4 Å². The minimum atomic E-state index is -3.60. The second-order valence-electron chi connectivity index (χ2n) is 4.79. The summed E-state index contributed by atoms with van der Waals surface area (Å²) < 4.78 is 26.2. The first kappa shape index (κ1) is 14.8.